The van der Waals surface area contributed by atoms with Crippen LogP contribution in [0.25, 0.3) is 22.2 Å². The van der Waals surface area contributed by atoms with Crippen molar-refractivity contribution in [3.05, 3.63) is 67.3 Å². The Balaban J connectivity index is 1.30. The number of methoxy groups -OCH3 is 1. The summed E-state index contributed by atoms with van der Waals surface area (Å²) < 4.78 is 12.1. The summed E-state index contributed by atoms with van der Waals surface area (Å²) in [6.45, 7) is 9.41. The number of nitrogens with zero attached hydrogens (tertiary/aromatic N) is 1. The molecule has 3 fully saturated rings. The summed E-state index contributed by atoms with van der Waals surface area (Å²) in [6.07, 6.45) is 5.42. The predicted molar refractivity (Wildman–Crippen MR) is 193 cm³/mol. The van der Waals surface area contributed by atoms with Gasteiger partial charge < -0.3 is 30.5 Å². The van der Waals surface area contributed by atoms with E-state index in [-0.39, 0.29) is 31.2 Å². The van der Waals surface area contributed by atoms with Crippen LogP contribution in [0.15, 0.2) is 67.3 Å². The zero-order chi connectivity index (χ0) is 36.5. The molecule has 0 bridgehead atoms. The summed E-state index contributed by atoms with van der Waals surface area (Å²) >= 11 is 0. The Bertz CT molecular complexity index is 1820. The molecule has 270 valence electrons. The summed E-state index contributed by atoms with van der Waals surface area (Å²) in [4.78, 5) is 59.0. The zero-order valence-electron chi connectivity index (χ0n) is 29.7. The first-order chi connectivity index (χ1) is 24.3. The molecular weight excluding hydrogens is 648 g/mol. The Hall–Kier alpha value is -4.93. The van der Waals surface area contributed by atoms with Crippen molar-refractivity contribution in [3.8, 4) is 22.8 Å². The molecular formula is C40H48N4O7. The van der Waals surface area contributed by atoms with Crippen LogP contribution < -0.4 is 25.4 Å². The average molecular weight is 697 g/mol. The molecule has 6 atom stereocenters. The predicted octanol–water partition coefficient (Wildman–Crippen LogP) is 5.42. The zero-order valence-corrected chi connectivity index (χ0v) is 29.7. The summed E-state index contributed by atoms with van der Waals surface area (Å²) in [5.74, 6) is -3.41. The van der Waals surface area contributed by atoms with Crippen LogP contribution in [0.4, 0.5) is 0 Å². The van der Waals surface area contributed by atoms with Crippen molar-refractivity contribution in [2.75, 3.05) is 7.11 Å². The highest BCUT2D eigenvalue weighted by molar-refractivity contribution is 5.96. The van der Waals surface area contributed by atoms with E-state index in [4.69, 9.17) is 14.5 Å². The van der Waals surface area contributed by atoms with E-state index in [0.717, 1.165) is 36.6 Å². The molecule has 0 unspecified atom stereocenters. The fourth-order valence-corrected chi connectivity index (χ4v) is 7.61. The second-order valence-electron chi connectivity index (χ2n) is 15.3. The van der Waals surface area contributed by atoms with Gasteiger partial charge in [-0.05, 0) is 49.7 Å². The van der Waals surface area contributed by atoms with Crippen LogP contribution in [0.1, 0.15) is 65.7 Å². The smallest absolute Gasteiger partial charge is 0.330 e. The minimum absolute atomic E-state index is 0.0709. The number of carbonyl (C=O) groups is 4. The van der Waals surface area contributed by atoms with Crippen molar-refractivity contribution < 1.29 is 33.8 Å². The lowest BCUT2D eigenvalue weighted by atomic mass is 9.84. The van der Waals surface area contributed by atoms with Crippen molar-refractivity contribution in [2.45, 2.75) is 89.4 Å². The Kier molecular flexibility index (Phi) is 10.1. The van der Waals surface area contributed by atoms with Gasteiger partial charge in [-0.1, -0.05) is 70.0 Å². The second kappa shape index (κ2) is 14.4. The Morgan fingerprint density at radius 2 is 1.69 bits per heavy atom. The monoisotopic (exact) mass is 696 g/mol. The van der Waals surface area contributed by atoms with Crippen molar-refractivity contribution in [1.82, 2.24) is 20.9 Å². The van der Waals surface area contributed by atoms with Gasteiger partial charge in [0.1, 0.15) is 29.2 Å². The van der Waals surface area contributed by atoms with Gasteiger partial charge in [0.2, 0.25) is 17.7 Å². The van der Waals surface area contributed by atoms with Gasteiger partial charge in [-0.25, -0.2) is 9.78 Å². The number of benzene rings is 2. The number of pyridine rings is 1. The number of carboxylic acid groups (broad SMARTS) is 1. The van der Waals surface area contributed by atoms with E-state index in [9.17, 15) is 24.3 Å². The van der Waals surface area contributed by atoms with E-state index in [0.29, 0.717) is 22.7 Å². The third kappa shape index (κ3) is 7.57. The van der Waals surface area contributed by atoms with Crippen LogP contribution >= 0.6 is 0 Å². The first-order valence-electron chi connectivity index (χ1n) is 17.8. The van der Waals surface area contributed by atoms with Gasteiger partial charge >= 0.3 is 5.97 Å². The van der Waals surface area contributed by atoms with E-state index >= 15 is 0 Å². The highest BCUT2D eigenvalue weighted by atomic mass is 16.5. The molecule has 51 heavy (non-hydrogen) atoms. The molecule has 3 aliphatic rings. The number of ether oxygens (including phenoxy) is 2. The molecule has 0 radical (unpaired) electrons. The van der Waals surface area contributed by atoms with Gasteiger partial charge in [0.15, 0.2) is 0 Å². The number of rotatable bonds is 12. The lowest BCUT2D eigenvalue weighted by molar-refractivity contribution is -0.145. The second-order valence-corrected chi connectivity index (χ2v) is 15.3. The number of nitrogens with one attached hydrogen (secondary N) is 3. The lowest BCUT2D eigenvalue weighted by Gasteiger charge is -2.33. The number of aliphatic carboxylic acids is 1. The fraction of sp³-hybridized carbons (Fsp3) is 0.475. The molecule has 3 saturated carbocycles. The number of aromatic nitrogens is 1. The van der Waals surface area contributed by atoms with Gasteiger partial charge in [-0.15, -0.1) is 6.58 Å². The van der Waals surface area contributed by atoms with Crippen molar-refractivity contribution in [1.29, 1.82) is 0 Å². The first-order valence-corrected chi connectivity index (χ1v) is 17.8. The third-order valence-corrected chi connectivity index (χ3v) is 10.7. The minimum Gasteiger partial charge on any atom is -0.497 e. The fourth-order valence-electron chi connectivity index (χ4n) is 7.61. The van der Waals surface area contributed by atoms with Gasteiger partial charge in [0, 0.05) is 35.0 Å². The first kappa shape index (κ1) is 35.9. The van der Waals surface area contributed by atoms with Crippen LogP contribution in [0, 0.1) is 23.2 Å². The number of carbonyl (C=O) groups excluding carboxylic acids is 3. The van der Waals surface area contributed by atoms with Gasteiger partial charge in [0.05, 0.1) is 30.2 Å². The van der Waals surface area contributed by atoms with Crippen LogP contribution in [0.2, 0.25) is 0 Å². The maximum absolute atomic E-state index is 14.2. The lowest BCUT2D eigenvalue weighted by Crippen LogP contribution is -2.57. The maximum atomic E-state index is 14.2. The molecule has 2 aromatic carbocycles. The van der Waals surface area contributed by atoms with Crippen LogP contribution in [0.5, 0.6) is 11.5 Å². The highest BCUT2D eigenvalue weighted by Gasteiger charge is 2.61. The summed E-state index contributed by atoms with van der Waals surface area (Å²) in [6, 6.07) is 16.3. The number of hydrogen-bond acceptors (Lipinski definition) is 7. The Morgan fingerprint density at radius 3 is 2.29 bits per heavy atom. The maximum Gasteiger partial charge on any atom is 0.330 e. The number of hydrogen-bond donors (Lipinski definition) is 4. The molecule has 0 aliphatic heterocycles. The Morgan fingerprint density at radius 1 is 1.00 bits per heavy atom. The van der Waals surface area contributed by atoms with Crippen LogP contribution in [0.3, 0.4) is 0 Å². The van der Waals surface area contributed by atoms with Crippen LogP contribution in [-0.4, -0.2) is 64.6 Å². The molecule has 1 heterocycles. The van der Waals surface area contributed by atoms with Gasteiger partial charge in [0.25, 0.3) is 0 Å². The molecule has 0 saturated heterocycles. The number of fused-ring (bicyclic) bond motifs is 1. The van der Waals surface area contributed by atoms with Crippen molar-refractivity contribution in [2.24, 2.45) is 23.2 Å². The van der Waals surface area contributed by atoms with E-state index in [2.05, 4.69) is 22.5 Å². The van der Waals surface area contributed by atoms with Crippen molar-refractivity contribution >= 4 is 34.6 Å². The summed E-state index contributed by atoms with van der Waals surface area (Å²) in [5, 5.41) is 19.6. The van der Waals surface area contributed by atoms with E-state index in [1.165, 1.54) is 6.08 Å². The molecule has 11 heteroatoms. The molecule has 3 amide bonds. The Labute approximate surface area is 298 Å². The molecule has 6 rings (SSSR count). The average Bonchev–Trinajstić information content (AvgIpc) is 3.37. The number of carboxylic acids is 1. The molecule has 0 spiro atoms. The van der Waals surface area contributed by atoms with E-state index in [1.807, 2.05) is 75.4 Å². The summed E-state index contributed by atoms with van der Waals surface area (Å²) in [5.41, 5.74) is 0.146. The van der Waals surface area contributed by atoms with Gasteiger partial charge in [-0.2, -0.15) is 0 Å². The largest absolute Gasteiger partial charge is 0.497 e. The van der Waals surface area contributed by atoms with Crippen molar-refractivity contribution in [3.63, 3.8) is 0 Å². The van der Waals surface area contributed by atoms with E-state index < -0.39 is 58.6 Å². The molecule has 11 nitrogen and oxygen atoms in total. The van der Waals surface area contributed by atoms with Gasteiger partial charge in [-0.3, -0.25) is 14.4 Å². The summed E-state index contributed by atoms with van der Waals surface area (Å²) in [7, 11) is 1.59. The topological polar surface area (TPSA) is 156 Å². The van der Waals surface area contributed by atoms with E-state index in [1.54, 1.807) is 7.11 Å². The molecule has 3 aromatic rings. The molecule has 3 aliphatic carbocycles. The standard InChI is InChI=1S/C40H48N4O7/c1-6-24-22-40(24,38(48)49)44-36(46)30-19-27(18-29(30)35(45)43-34(39(2,3)4)37(47)41-25-14-10-11-15-25)51-33-21-31(23-12-8-7-9-13-23)42-32-20-26(50-5)16-17-28(32)33/h6-9,12-13,16-17,20-21,24-25,27,29-30,34H,1,10-11,14-15,18-19,22H2,2-5H3,(H,41,47)(H,43,45)(H,44,46)(H,48,49)/t24-,27-,29+,30-,34-,40+/m1/s1. The number of amides is 3. The highest BCUT2D eigenvalue weighted by Crippen LogP contribution is 2.46. The third-order valence-electron chi connectivity index (χ3n) is 10.7. The molecule has 1 aromatic heterocycles. The minimum atomic E-state index is -1.46. The van der Waals surface area contributed by atoms with Crippen LogP contribution in [-0.2, 0) is 19.2 Å². The SMILES string of the molecule is C=C[C@@H]1C[C@@]1(NC(=O)[C@@H]1C[C@H](Oc2cc(-c3ccccc3)nc3cc(OC)ccc23)C[C@@H]1C(=O)N[C@H](C(=O)NC1CCCC1)C(C)(C)C)C(=O)O. The normalized spacial score (nSPS) is 25.1. The molecule has 4 N–H and O–H groups in total. The quantitative estimate of drug-likeness (QED) is 0.183.